The van der Waals surface area contributed by atoms with Crippen LogP contribution in [0.4, 0.5) is 0 Å². The van der Waals surface area contributed by atoms with Crippen LogP contribution in [0.1, 0.15) is 31.9 Å². The van der Waals surface area contributed by atoms with E-state index in [0.717, 1.165) is 42.7 Å². The molecule has 2 aliphatic heterocycles. The second-order valence-corrected chi connectivity index (χ2v) is 7.22. The third kappa shape index (κ3) is 2.91. The molecule has 4 rings (SSSR count). The summed E-state index contributed by atoms with van der Waals surface area (Å²) in [5, 5.41) is 11.9. The molecule has 3 atom stereocenters. The Morgan fingerprint density at radius 3 is 3.04 bits per heavy atom. The van der Waals surface area contributed by atoms with Gasteiger partial charge in [0.05, 0.1) is 18.8 Å². The Kier molecular flexibility index (Phi) is 3.92. The van der Waals surface area contributed by atoms with E-state index in [1.165, 1.54) is 6.42 Å². The van der Waals surface area contributed by atoms with Crippen LogP contribution in [0.3, 0.4) is 0 Å². The number of furan rings is 1. The molecule has 0 bridgehead atoms. The lowest BCUT2D eigenvalue weighted by molar-refractivity contribution is -0.124. The van der Waals surface area contributed by atoms with Gasteiger partial charge in [-0.2, -0.15) is 0 Å². The number of aliphatic hydroxyl groups is 1. The molecule has 4 nitrogen and oxygen atoms in total. The van der Waals surface area contributed by atoms with Gasteiger partial charge in [0.25, 0.3) is 0 Å². The molecule has 23 heavy (non-hydrogen) atoms. The fourth-order valence-corrected chi connectivity index (χ4v) is 4.20. The van der Waals surface area contributed by atoms with Crippen LogP contribution in [-0.2, 0) is 11.3 Å². The molecule has 0 spiro atoms. The minimum absolute atomic E-state index is 0.183. The Bertz CT molecular complexity index is 645. The molecule has 1 aromatic carbocycles. The minimum atomic E-state index is -0.626. The predicted molar refractivity (Wildman–Crippen MR) is 89.2 cm³/mol. The minimum Gasteiger partial charge on any atom is -0.460 e. The lowest BCUT2D eigenvalue weighted by atomic mass is 9.79. The third-order valence-electron chi connectivity index (χ3n) is 5.56. The Labute approximate surface area is 137 Å². The van der Waals surface area contributed by atoms with Crippen molar-refractivity contribution in [1.82, 2.24) is 4.90 Å². The highest BCUT2D eigenvalue weighted by Crippen LogP contribution is 2.36. The summed E-state index contributed by atoms with van der Waals surface area (Å²) in [4.78, 5) is 2.46. The number of hydrogen-bond acceptors (Lipinski definition) is 4. The zero-order valence-corrected chi connectivity index (χ0v) is 13.7. The van der Waals surface area contributed by atoms with Gasteiger partial charge >= 0.3 is 0 Å². The van der Waals surface area contributed by atoms with Crippen molar-refractivity contribution in [1.29, 1.82) is 0 Å². The molecular formula is C19H25NO3. The summed E-state index contributed by atoms with van der Waals surface area (Å²) in [5.74, 6) is 1.19. The SMILES string of the molecule is CC1(O)CCOCC1C1CCCN1Cc1cc2ccccc2o1. The maximum atomic E-state index is 10.8. The maximum absolute atomic E-state index is 10.8. The normalized spacial score (nSPS) is 32.6. The van der Waals surface area contributed by atoms with Gasteiger partial charge in [-0.05, 0) is 44.9 Å². The van der Waals surface area contributed by atoms with Gasteiger partial charge in [0.15, 0.2) is 0 Å². The topological polar surface area (TPSA) is 45.8 Å². The summed E-state index contributed by atoms with van der Waals surface area (Å²) in [7, 11) is 0. The molecule has 0 radical (unpaired) electrons. The summed E-state index contributed by atoms with van der Waals surface area (Å²) >= 11 is 0. The van der Waals surface area contributed by atoms with Gasteiger partial charge in [-0.25, -0.2) is 0 Å². The first-order valence-electron chi connectivity index (χ1n) is 8.65. The lowest BCUT2D eigenvalue weighted by Gasteiger charge is -2.43. The molecule has 1 N–H and O–H groups in total. The van der Waals surface area contributed by atoms with Gasteiger partial charge in [0.1, 0.15) is 11.3 Å². The van der Waals surface area contributed by atoms with E-state index in [2.05, 4.69) is 17.0 Å². The highest BCUT2D eigenvalue weighted by molar-refractivity contribution is 5.77. The summed E-state index contributed by atoms with van der Waals surface area (Å²) in [6.07, 6.45) is 3.04. The second-order valence-electron chi connectivity index (χ2n) is 7.22. The van der Waals surface area contributed by atoms with E-state index in [1.807, 2.05) is 25.1 Å². The molecule has 3 heterocycles. The van der Waals surface area contributed by atoms with Gasteiger partial charge in [0.2, 0.25) is 0 Å². The van der Waals surface area contributed by atoms with E-state index in [0.29, 0.717) is 19.3 Å². The zero-order valence-electron chi connectivity index (χ0n) is 13.7. The Morgan fingerprint density at radius 1 is 1.35 bits per heavy atom. The fourth-order valence-electron chi connectivity index (χ4n) is 4.20. The lowest BCUT2D eigenvalue weighted by Crippen LogP contribution is -2.52. The predicted octanol–water partition coefficient (Wildman–Crippen LogP) is 3.18. The van der Waals surface area contributed by atoms with Crippen molar-refractivity contribution in [2.24, 2.45) is 5.92 Å². The number of rotatable bonds is 3. The highest BCUT2D eigenvalue weighted by atomic mass is 16.5. The highest BCUT2D eigenvalue weighted by Gasteiger charge is 2.44. The number of nitrogens with zero attached hydrogens (tertiary/aromatic N) is 1. The molecule has 3 unspecified atom stereocenters. The van der Waals surface area contributed by atoms with Gasteiger partial charge in [-0.1, -0.05) is 18.2 Å². The molecule has 2 aromatic rings. The van der Waals surface area contributed by atoms with Crippen LogP contribution in [-0.4, -0.2) is 41.4 Å². The first kappa shape index (κ1) is 15.2. The van der Waals surface area contributed by atoms with Crippen LogP contribution in [0.25, 0.3) is 11.0 Å². The average molecular weight is 315 g/mol. The molecule has 1 aromatic heterocycles. The Balaban J connectivity index is 1.53. The molecule has 2 saturated heterocycles. The van der Waals surface area contributed by atoms with Gasteiger partial charge in [-0.3, -0.25) is 4.90 Å². The molecule has 2 aliphatic rings. The van der Waals surface area contributed by atoms with Crippen LogP contribution in [0.5, 0.6) is 0 Å². The van der Waals surface area contributed by atoms with Crippen LogP contribution in [0.2, 0.25) is 0 Å². The van der Waals surface area contributed by atoms with Crippen molar-refractivity contribution in [3.63, 3.8) is 0 Å². The maximum Gasteiger partial charge on any atom is 0.134 e. The smallest absolute Gasteiger partial charge is 0.134 e. The van der Waals surface area contributed by atoms with Gasteiger partial charge in [0, 0.05) is 24.0 Å². The van der Waals surface area contributed by atoms with Crippen LogP contribution in [0.15, 0.2) is 34.7 Å². The molecular weight excluding hydrogens is 290 g/mol. The number of fused-ring (bicyclic) bond motifs is 1. The molecule has 2 fully saturated rings. The van der Waals surface area contributed by atoms with Gasteiger partial charge < -0.3 is 14.3 Å². The Hall–Kier alpha value is -1.36. The van der Waals surface area contributed by atoms with Crippen molar-refractivity contribution in [2.75, 3.05) is 19.8 Å². The van der Waals surface area contributed by atoms with E-state index in [1.54, 1.807) is 0 Å². The van der Waals surface area contributed by atoms with E-state index >= 15 is 0 Å². The first-order valence-corrected chi connectivity index (χ1v) is 8.65. The van der Waals surface area contributed by atoms with Gasteiger partial charge in [-0.15, -0.1) is 0 Å². The first-order chi connectivity index (χ1) is 11.1. The van der Waals surface area contributed by atoms with Crippen molar-refractivity contribution in [2.45, 2.75) is 44.4 Å². The van der Waals surface area contributed by atoms with E-state index < -0.39 is 5.60 Å². The molecule has 0 aliphatic carbocycles. The molecule has 4 heteroatoms. The van der Waals surface area contributed by atoms with Crippen molar-refractivity contribution >= 4 is 11.0 Å². The molecule has 0 amide bonds. The number of benzene rings is 1. The summed E-state index contributed by atoms with van der Waals surface area (Å²) < 4.78 is 11.6. The standard InChI is InChI=1S/C19H25NO3/c1-19(21)8-10-22-13-16(19)17-6-4-9-20(17)12-15-11-14-5-2-3-7-18(14)23-15/h2-3,5,7,11,16-17,21H,4,6,8-10,12-13H2,1H3. The van der Waals surface area contributed by atoms with Crippen LogP contribution >= 0.6 is 0 Å². The average Bonchev–Trinajstić information content (AvgIpc) is 3.13. The van der Waals surface area contributed by atoms with E-state index in [-0.39, 0.29) is 5.92 Å². The van der Waals surface area contributed by atoms with E-state index in [9.17, 15) is 5.11 Å². The van der Waals surface area contributed by atoms with Crippen LogP contribution < -0.4 is 0 Å². The quantitative estimate of drug-likeness (QED) is 0.945. The Morgan fingerprint density at radius 2 is 2.22 bits per heavy atom. The van der Waals surface area contributed by atoms with Crippen LogP contribution in [0, 0.1) is 5.92 Å². The second kappa shape index (κ2) is 5.93. The zero-order chi connectivity index (χ0) is 15.9. The number of ether oxygens (including phenoxy) is 1. The number of likely N-dealkylation sites (tertiary alicyclic amines) is 1. The summed E-state index contributed by atoms with van der Waals surface area (Å²) in [6.45, 7) is 5.17. The number of hydrogen-bond donors (Lipinski definition) is 1. The third-order valence-corrected chi connectivity index (χ3v) is 5.56. The van der Waals surface area contributed by atoms with Crippen molar-refractivity contribution in [3.8, 4) is 0 Å². The fraction of sp³-hybridized carbons (Fsp3) is 0.579. The monoisotopic (exact) mass is 315 g/mol. The molecule has 0 saturated carbocycles. The molecule has 124 valence electrons. The largest absolute Gasteiger partial charge is 0.460 e. The van der Waals surface area contributed by atoms with Crippen molar-refractivity contribution in [3.05, 3.63) is 36.1 Å². The van der Waals surface area contributed by atoms with E-state index in [4.69, 9.17) is 9.15 Å². The van der Waals surface area contributed by atoms with Crippen molar-refractivity contribution < 1.29 is 14.3 Å². The number of para-hydroxylation sites is 1. The summed E-state index contributed by atoms with van der Waals surface area (Å²) in [5.41, 5.74) is 0.325. The summed E-state index contributed by atoms with van der Waals surface area (Å²) in [6, 6.07) is 10.7.